The van der Waals surface area contributed by atoms with Gasteiger partial charge >= 0.3 is 0 Å². The van der Waals surface area contributed by atoms with Gasteiger partial charge in [0.1, 0.15) is 0 Å². The Kier molecular flexibility index (Phi) is 3.68. The standard InChI is InChI=1S/C17H11ClN2O2S2/c1-8(21)16-15(19)14-9(11-3-2-6-23-11)7-10(20-17(14)22-16)12-4-5-13(18)24-12/h2-7H,19H2,1H3. The third-order valence-electron chi connectivity index (χ3n) is 3.63. The molecule has 0 aliphatic rings. The number of halogens is 1. The van der Waals surface area contributed by atoms with Gasteiger partial charge in [0, 0.05) is 17.4 Å². The lowest BCUT2D eigenvalue weighted by Crippen LogP contribution is -1.95. The fourth-order valence-electron chi connectivity index (χ4n) is 2.59. The van der Waals surface area contributed by atoms with Crippen LogP contribution in [0.1, 0.15) is 17.5 Å². The number of hydrogen-bond donors (Lipinski definition) is 1. The number of nitrogens with zero attached hydrogens (tertiary/aromatic N) is 1. The molecule has 0 aliphatic carbocycles. The van der Waals surface area contributed by atoms with Crippen molar-refractivity contribution >= 4 is 56.8 Å². The van der Waals surface area contributed by atoms with Gasteiger partial charge in [-0.05, 0) is 29.6 Å². The van der Waals surface area contributed by atoms with Crippen LogP contribution >= 0.6 is 34.3 Å². The zero-order valence-corrected chi connectivity index (χ0v) is 14.9. The number of nitrogen functional groups attached to an aromatic ring is 1. The molecule has 0 aromatic carbocycles. The van der Waals surface area contributed by atoms with Crippen molar-refractivity contribution in [3.05, 3.63) is 45.8 Å². The Morgan fingerprint density at radius 2 is 2.12 bits per heavy atom. The number of hydrogen-bond acceptors (Lipinski definition) is 6. The van der Waals surface area contributed by atoms with E-state index >= 15 is 0 Å². The highest BCUT2D eigenvalue weighted by Gasteiger charge is 2.22. The second-order valence-electron chi connectivity index (χ2n) is 5.22. The Balaban J connectivity index is 2.06. The van der Waals surface area contributed by atoms with Crippen LogP contribution in [-0.2, 0) is 0 Å². The summed E-state index contributed by atoms with van der Waals surface area (Å²) in [5.74, 6) is -0.0694. The molecule has 4 heterocycles. The number of anilines is 1. The largest absolute Gasteiger partial charge is 0.432 e. The van der Waals surface area contributed by atoms with Gasteiger partial charge in [-0.3, -0.25) is 4.79 Å². The third-order valence-corrected chi connectivity index (χ3v) is 5.79. The quantitative estimate of drug-likeness (QED) is 0.465. The third kappa shape index (κ3) is 2.43. The van der Waals surface area contributed by atoms with Gasteiger partial charge in [-0.2, -0.15) is 0 Å². The van der Waals surface area contributed by atoms with Crippen LogP contribution in [0, 0.1) is 0 Å². The minimum Gasteiger partial charge on any atom is -0.432 e. The molecule has 7 heteroatoms. The summed E-state index contributed by atoms with van der Waals surface area (Å²) < 4.78 is 6.35. The highest BCUT2D eigenvalue weighted by atomic mass is 35.5. The van der Waals surface area contributed by atoms with E-state index in [2.05, 4.69) is 4.98 Å². The van der Waals surface area contributed by atoms with E-state index in [1.165, 1.54) is 18.3 Å². The summed E-state index contributed by atoms with van der Waals surface area (Å²) in [4.78, 5) is 18.3. The zero-order chi connectivity index (χ0) is 16.8. The zero-order valence-electron chi connectivity index (χ0n) is 12.5. The molecule has 4 nitrogen and oxygen atoms in total. The molecule has 0 saturated carbocycles. The normalized spacial score (nSPS) is 11.2. The summed E-state index contributed by atoms with van der Waals surface area (Å²) in [6.45, 7) is 1.43. The Bertz CT molecular complexity index is 1060. The van der Waals surface area contributed by atoms with E-state index in [1.54, 1.807) is 11.3 Å². The lowest BCUT2D eigenvalue weighted by molar-refractivity contribution is 0.0990. The van der Waals surface area contributed by atoms with Crippen LogP contribution in [-0.4, -0.2) is 10.8 Å². The SMILES string of the molecule is CC(=O)c1oc2nc(-c3ccc(Cl)s3)cc(-c3cccs3)c2c1N. The van der Waals surface area contributed by atoms with Gasteiger partial charge in [-0.1, -0.05) is 17.7 Å². The van der Waals surface area contributed by atoms with E-state index in [0.717, 1.165) is 21.0 Å². The van der Waals surface area contributed by atoms with Crippen molar-refractivity contribution in [3.63, 3.8) is 0 Å². The van der Waals surface area contributed by atoms with Gasteiger partial charge in [0.2, 0.25) is 5.71 Å². The van der Waals surface area contributed by atoms with E-state index in [0.29, 0.717) is 21.1 Å². The molecular formula is C17H11ClN2O2S2. The summed E-state index contributed by atoms with van der Waals surface area (Å²) in [5, 5.41) is 2.67. The van der Waals surface area contributed by atoms with Crippen molar-refractivity contribution in [2.75, 3.05) is 5.73 Å². The Morgan fingerprint density at radius 1 is 1.29 bits per heavy atom. The maximum absolute atomic E-state index is 11.8. The van der Waals surface area contributed by atoms with Crippen molar-refractivity contribution in [2.45, 2.75) is 6.92 Å². The molecule has 4 aromatic rings. The minimum absolute atomic E-state index is 0.150. The van der Waals surface area contributed by atoms with Gasteiger partial charge in [-0.15, -0.1) is 22.7 Å². The fourth-order valence-corrected chi connectivity index (χ4v) is 4.34. The molecule has 120 valence electrons. The first-order chi connectivity index (χ1) is 11.5. The average molecular weight is 375 g/mol. The van der Waals surface area contributed by atoms with Crippen LogP contribution in [0.15, 0.2) is 40.1 Å². The predicted octanol–water partition coefficient (Wildman–Crippen LogP) is 5.72. The van der Waals surface area contributed by atoms with Gasteiger partial charge in [-0.25, -0.2) is 4.98 Å². The number of carbonyl (C=O) groups is 1. The maximum Gasteiger partial charge on any atom is 0.230 e. The number of pyridine rings is 1. The van der Waals surface area contributed by atoms with E-state index in [1.807, 2.05) is 35.7 Å². The summed E-state index contributed by atoms with van der Waals surface area (Å²) in [5.41, 5.74) is 8.52. The Labute approximate surface area is 150 Å². The number of thiophene rings is 2. The predicted molar refractivity (Wildman–Crippen MR) is 100 cm³/mol. The molecular weight excluding hydrogens is 364 g/mol. The number of nitrogens with two attached hydrogens (primary N) is 1. The first kappa shape index (κ1) is 15.4. The summed E-state index contributed by atoms with van der Waals surface area (Å²) >= 11 is 9.08. The molecule has 4 aromatic heterocycles. The monoisotopic (exact) mass is 374 g/mol. The molecule has 0 radical (unpaired) electrons. The second kappa shape index (κ2) is 5.73. The summed E-state index contributed by atoms with van der Waals surface area (Å²) in [7, 11) is 0. The number of Topliss-reactive ketones (excluding diaryl/α,β-unsaturated/α-hetero) is 1. The number of aromatic nitrogens is 1. The topological polar surface area (TPSA) is 69.1 Å². The highest BCUT2D eigenvalue weighted by molar-refractivity contribution is 7.19. The molecule has 0 aliphatic heterocycles. The van der Waals surface area contributed by atoms with Crippen LogP contribution in [0.25, 0.3) is 32.1 Å². The van der Waals surface area contributed by atoms with Crippen molar-refractivity contribution < 1.29 is 9.21 Å². The summed E-state index contributed by atoms with van der Waals surface area (Å²) in [6.07, 6.45) is 0. The summed E-state index contributed by atoms with van der Waals surface area (Å²) in [6, 6.07) is 9.68. The van der Waals surface area contributed by atoms with Gasteiger partial charge < -0.3 is 10.2 Å². The fraction of sp³-hybridized carbons (Fsp3) is 0.0588. The lowest BCUT2D eigenvalue weighted by Gasteiger charge is -2.04. The minimum atomic E-state index is -0.219. The lowest BCUT2D eigenvalue weighted by atomic mass is 10.1. The smallest absolute Gasteiger partial charge is 0.230 e. The number of furan rings is 1. The Morgan fingerprint density at radius 3 is 2.75 bits per heavy atom. The first-order valence-electron chi connectivity index (χ1n) is 7.08. The van der Waals surface area contributed by atoms with Gasteiger partial charge in [0.15, 0.2) is 11.5 Å². The van der Waals surface area contributed by atoms with Crippen molar-refractivity contribution in [2.24, 2.45) is 0 Å². The van der Waals surface area contributed by atoms with Crippen LogP contribution in [0.2, 0.25) is 4.34 Å². The molecule has 0 spiro atoms. The molecule has 4 rings (SSSR count). The maximum atomic E-state index is 11.8. The van der Waals surface area contributed by atoms with Gasteiger partial charge in [0.25, 0.3) is 0 Å². The average Bonchev–Trinajstić information content (AvgIpc) is 3.26. The van der Waals surface area contributed by atoms with Gasteiger partial charge in [0.05, 0.1) is 26.0 Å². The van der Waals surface area contributed by atoms with E-state index in [4.69, 9.17) is 21.8 Å². The van der Waals surface area contributed by atoms with Crippen LogP contribution < -0.4 is 5.73 Å². The van der Waals surface area contributed by atoms with Crippen LogP contribution in [0.3, 0.4) is 0 Å². The van der Waals surface area contributed by atoms with Crippen molar-refractivity contribution in [1.82, 2.24) is 4.98 Å². The number of fused-ring (bicyclic) bond motifs is 1. The number of ketones is 1. The van der Waals surface area contributed by atoms with E-state index < -0.39 is 0 Å². The molecule has 0 amide bonds. The van der Waals surface area contributed by atoms with Crippen LogP contribution in [0.4, 0.5) is 5.69 Å². The van der Waals surface area contributed by atoms with Crippen LogP contribution in [0.5, 0.6) is 0 Å². The molecule has 0 saturated heterocycles. The number of carbonyl (C=O) groups excluding carboxylic acids is 1. The second-order valence-corrected chi connectivity index (χ2v) is 7.88. The highest BCUT2D eigenvalue weighted by Crippen LogP contribution is 2.41. The molecule has 0 atom stereocenters. The number of rotatable bonds is 3. The Hall–Kier alpha value is -2.15. The molecule has 0 unspecified atom stereocenters. The van der Waals surface area contributed by atoms with E-state index in [9.17, 15) is 4.79 Å². The first-order valence-corrected chi connectivity index (χ1v) is 9.15. The molecule has 24 heavy (non-hydrogen) atoms. The van der Waals surface area contributed by atoms with E-state index in [-0.39, 0.29) is 11.5 Å². The molecule has 0 fully saturated rings. The van der Waals surface area contributed by atoms with Crippen molar-refractivity contribution in [3.8, 4) is 21.0 Å². The van der Waals surface area contributed by atoms with Crippen molar-refractivity contribution in [1.29, 1.82) is 0 Å². The molecule has 2 N–H and O–H groups in total. The molecule has 0 bridgehead atoms.